The Balaban J connectivity index is 2.36. The number of aryl methyl sites for hydroxylation is 1. The summed E-state index contributed by atoms with van der Waals surface area (Å²) in [6, 6.07) is 0. The first-order valence-electron chi connectivity index (χ1n) is 5.17. The Morgan fingerprint density at radius 2 is 2.25 bits per heavy atom. The van der Waals surface area contributed by atoms with Gasteiger partial charge in [-0.1, -0.05) is 12.1 Å². The van der Waals surface area contributed by atoms with Crippen LogP contribution in [0, 0.1) is 6.92 Å². The molecule has 16 heavy (non-hydrogen) atoms. The third kappa shape index (κ3) is 3.88. The summed E-state index contributed by atoms with van der Waals surface area (Å²) in [4.78, 5) is 15.3. The minimum Gasteiger partial charge on any atom is -0.439 e. The van der Waals surface area contributed by atoms with Crippen molar-refractivity contribution >= 4 is 5.91 Å². The Kier molecular flexibility index (Phi) is 3.87. The molecule has 1 N–H and O–H groups in total. The second-order valence-electron chi connectivity index (χ2n) is 4.18. The van der Waals surface area contributed by atoms with Crippen LogP contribution >= 0.6 is 0 Å². The van der Waals surface area contributed by atoms with Crippen LogP contribution in [0.15, 0.2) is 4.52 Å². The number of nitrogens with one attached hydrogen (secondary N) is 1. The van der Waals surface area contributed by atoms with Crippen molar-refractivity contribution in [3.05, 3.63) is 5.82 Å². The third-order valence-corrected chi connectivity index (χ3v) is 2.20. The van der Waals surface area contributed by atoms with E-state index in [1.807, 2.05) is 20.8 Å². The van der Waals surface area contributed by atoms with Gasteiger partial charge < -0.3 is 10.1 Å². The van der Waals surface area contributed by atoms with E-state index in [2.05, 4.69) is 15.5 Å². The van der Waals surface area contributed by atoms with E-state index in [0.29, 0.717) is 5.82 Å². The molecule has 0 atom stereocenters. The highest BCUT2D eigenvalue weighted by molar-refractivity contribution is 5.78. The van der Waals surface area contributed by atoms with Crippen molar-refractivity contribution in [2.24, 2.45) is 0 Å². The summed E-state index contributed by atoms with van der Waals surface area (Å²) in [7, 11) is 0. The van der Waals surface area contributed by atoms with E-state index in [9.17, 15) is 4.79 Å². The zero-order chi connectivity index (χ0) is 12.2. The normalized spacial score (nSPS) is 11.2. The van der Waals surface area contributed by atoms with Crippen LogP contribution in [0.2, 0.25) is 0 Å². The van der Waals surface area contributed by atoms with Crippen molar-refractivity contribution < 1.29 is 14.1 Å². The summed E-state index contributed by atoms with van der Waals surface area (Å²) < 4.78 is 9.73. The molecule has 6 heteroatoms. The lowest BCUT2D eigenvalue weighted by Crippen LogP contribution is -2.44. The molecule has 0 aliphatic carbocycles. The van der Waals surface area contributed by atoms with Crippen molar-refractivity contribution in [3.8, 4) is 6.08 Å². The predicted octanol–water partition coefficient (Wildman–Crippen LogP) is 1.06. The predicted molar refractivity (Wildman–Crippen MR) is 57.0 cm³/mol. The Bertz CT molecular complexity index is 360. The largest absolute Gasteiger partial charge is 0.439 e. The summed E-state index contributed by atoms with van der Waals surface area (Å²) in [6.45, 7) is 7.45. The summed E-state index contributed by atoms with van der Waals surface area (Å²) in [5.41, 5.74) is -0.231. The van der Waals surface area contributed by atoms with Gasteiger partial charge in [0.05, 0.1) is 0 Å². The molecule has 0 bridgehead atoms. The number of rotatable bonds is 5. The molecule has 0 spiro atoms. The Morgan fingerprint density at radius 1 is 1.56 bits per heavy atom. The van der Waals surface area contributed by atoms with Crippen LogP contribution in [0.5, 0.6) is 6.08 Å². The summed E-state index contributed by atoms with van der Waals surface area (Å²) in [5.74, 6) is 0.270. The quantitative estimate of drug-likeness (QED) is 0.813. The third-order valence-electron chi connectivity index (χ3n) is 2.20. The number of carbonyl (C=O) groups is 1. The van der Waals surface area contributed by atoms with Crippen LogP contribution in [0.25, 0.3) is 0 Å². The summed E-state index contributed by atoms with van der Waals surface area (Å²) in [5, 5.41) is 6.37. The van der Waals surface area contributed by atoms with Gasteiger partial charge in [0, 0.05) is 5.54 Å². The van der Waals surface area contributed by atoms with Gasteiger partial charge in [-0.25, -0.2) is 0 Å². The van der Waals surface area contributed by atoms with Crippen molar-refractivity contribution in [1.82, 2.24) is 15.5 Å². The van der Waals surface area contributed by atoms with Crippen LogP contribution in [-0.4, -0.2) is 28.2 Å². The molecule has 0 unspecified atom stereocenters. The first-order valence-corrected chi connectivity index (χ1v) is 5.17. The minimum absolute atomic E-state index is 0.0157. The van der Waals surface area contributed by atoms with Gasteiger partial charge in [-0.3, -0.25) is 9.32 Å². The van der Waals surface area contributed by atoms with Crippen LogP contribution < -0.4 is 10.1 Å². The summed E-state index contributed by atoms with van der Waals surface area (Å²) >= 11 is 0. The molecule has 0 radical (unpaired) electrons. The molecule has 0 saturated heterocycles. The van der Waals surface area contributed by atoms with Crippen LogP contribution in [-0.2, 0) is 4.79 Å². The van der Waals surface area contributed by atoms with Gasteiger partial charge in [0.1, 0.15) is 0 Å². The Morgan fingerprint density at radius 3 is 2.75 bits per heavy atom. The van der Waals surface area contributed by atoms with Crippen molar-refractivity contribution in [2.45, 2.75) is 39.7 Å². The fourth-order valence-electron chi connectivity index (χ4n) is 0.966. The average Bonchev–Trinajstić information content (AvgIpc) is 2.61. The maximum Gasteiger partial charge on any atom is 0.417 e. The van der Waals surface area contributed by atoms with Gasteiger partial charge in [0.2, 0.25) is 0 Å². The number of hydrogen-bond acceptors (Lipinski definition) is 5. The fraction of sp³-hybridized carbons (Fsp3) is 0.700. The van der Waals surface area contributed by atoms with Gasteiger partial charge in [-0.2, -0.15) is 4.98 Å². The van der Waals surface area contributed by atoms with E-state index in [0.717, 1.165) is 6.42 Å². The van der Waals surface area contributed by atoms with Crippen LogP contribution in [0.3, 0.4) is 0 Å². The molecule has 1 aromatic heterocycles. The van der Waals surface area contributed by atoms with E-state index < -0.39 is 0 Å². The van der Waals surface area contributed by atoms with Crippen molar-refractivity contribution in [2.75, 3.05) is 6.61 Å². The van der Waals surface area contributed by atoms with Crippen molar-refractivity contribution in [3.63, 3.8) is 0 Å². The van der Waals surface area contributed by atoms with Gasteiger partial charge >= 0.3 is 6.08 Å². The van der Waals surface area contributed by atoms with Gasteiger partial charge in [0.25, 0.3) is 5.91 Å². The zero-order valence-corrected chi connectivity index (χ0v) is 10.0. The Hall–Kier alpha value is -1.59. The standard InChI is InChI=1S/C10H17N3O3/c1-5-10(3,4)12-8(14)6-15-9-11-7(2)13-16-9/h5-6H2,1-4H3,(H,12,14). The number of carbonyl (C=O) groups excluding carboxylic acids is 1. The van der Waals surface area contributed by atoms with Gasteiger partial charge in [-0.05, 0) is 27.2 Å². The molecule has 1 heterocycles. The molecule has 0 aliphatic heterocycles. The zero-order valence-electron chi connectivity index (χ0n) is 10.0. The lowest BCUT2D eigenvalue weighted by molar-refractivity contribution is -0.125. The molecule has 0 fully saturated rings. The lowest BCUT2D eigenvalue weighted by atomic mass is 10.0. The Labute approximate surface area is 94.4 Å². The molecule has 1 amide bonds. The van der Waals surface area contributed by atoms with Crippen LogP contribution in [0.1, 0.15) is 33.0 Å². The first kappa shape index (κ1) is 12.5. The minimum atomic E-state index is -0.231. The highest BCUT2D eigenvalue weighted by Gasteiger charge is 2.18. The fourth-order valence-corrected chi connectivity index (χ4v) is 0.966. The van der Waals surface area contributed by atoms with E-state index in [-0.39, 0.29) is 24.1 Å². The van der Waals surface area contributed by atoms with E-state index in [1.165, 1.54) is 0 Å². The molecular formula is C10H17N3O3. The highest BCUT2D eigenvalue weighted by atomic mass is 16.6. The molecule has 90 valence electrons. The molecule has 0 aliphatic rings. The number of hydrogen-bond donors (Lipinski definition) is 1. The first-order chi connectivity index (χ1) is 7.43. The number of aromatic nitrogens is 2. The average molecular weight is 227 g/mol. The van der Waals surface area contributed by atoms with Crippen molar-refractivity contribution in [1.29, 1.82) is 0 Å². The second kappa shape index (κ2) is 4.96. The van der Waals surface area contributed by atoms with E-state index >= 15 is 0 Å². The van der Waals surface area contributed by atoms with Gasteiger partial charge in [-0.15, -0.1) is 0 Å². The maximum absolute atomic E-state index is 11.5. The molecule has 0 saturated carbocycles. The molecule has 1 aromatic rings. The highest BCUT2D eigenvalue weighted by Crippen LogP contribution is 2.07. The lowest BCUT2D eigenvalue weighted by Gasteiger charge is -2.24. The number of amides is 1. The number of nitrogens with zero attached hydrogens (tertiary/aromatic N) is 2. The monoisotopic (exact) mass is 227 g/mol. The van der Waals surface area contributed by atoms with Crippen LogP contribution in [0.4, 0.5) is 0 Å². The molecule has 6 nitrogen and oxygen atoms in total. The second-order valence-corrected chi connectivity index (χ2v) is 4.18. The molecule has 0 aromatic carbocycles. The topological polar surface area (TPSA) is 77.2 Å². The molecular weight excluding hydrogens is 210 g/mol. The van der Waals surface area contributed by atoms with E-state index in [1.54, 1.807) is 6.92 Å². The molecule has 1 rings (SSSR count). The van der Waals surface area contributed by atoms with Gasteiger partial charge in [0.15, 0.2) is 12.4 Å². The van der Waals surface area contributed by atoms with E-state index in [4.69, 9.17) is 9.26 Å². The summed E-state index contributed by atoms with van der Waals surface area (Å²) in [6.07, 6.45) is 0.861. The smallest absolute Gasteiger partial charge is 0.417 e. The number of ether oxygens (including phenoxy) is 1. The SMILES string of the molecule is CCC(C)(C)NC(=O)COc1nc(C)no1. The maximum atomic E-state index is 11.5.